The van der Waals surface area contributed by atoms with Crippen molar-refractivity contribution in [3.05, 3.63) is 63.1 Å². The summed E-state index contributed by atoms with van der Waals surface area (Å²) in [6.07, 6.45) is 0. The maximum atomic E-state index is 12.2. The van der Waals surface area contributed by atoms with E-state index in [9.17, 15) is 9.59 Å². The van der Waals surface area contributed by atoms with E-state index in [-0.39, 0.29) is 0 Å². The summed E-state index contributed by atoms with van der Waals surface area (Å²) < 4.78 is 0. The van der Waals surface area contributed by atoms with Gasteiger partial charge >= 0.3 is 0 Å². The zero-order chi connectivity index (χ0) is 15.1. The Kier molecular flexibility index (Phi) is 3.47. The first-order valence-electron chi connectivity index (χ1n) is 6.39. The Labute approximate surface area is 132 Å². The number of carbonyl (C=O) groups excluding carboxylic acids is 2. The van der Waals surface area contributed by atoms with Crippen LogP contribution in [0, 0.1) is 6.92 Å². The highest BCUT2D eigenvalue weighted by Gasteiger charge is 2.38. The molecule has 2 aromatic rings. The van der Waals surface area contributed by atoms with E-state index in [1.807, 2.05) is 19.1 Å². The lowest BCUT2D eigenvalue weighted by molar-refractivity contribution is -0.114. The molecule has 3 nitrogen and oxygen atoms in total. The van der Waals surface area contributed by atoms with Crippen LogP contribution in [0.5, 0.6) is 0 Å². The summed E-state index contributed by atoms with van der Waals surface area (Å²) in [7, 11) is 0. The maximum Gasteiger partial charge on any atom is 0.299 e. The Balaban J connectivity index is 2.08. The van der Waals surface area contributed by atoms with E-state index in [1.165, 1.54) is 4.90 Å². The molecule has 21 heavy (non-hydrogen) atoms. The van der Waals surface area contributed by atoms with Crippen LogP contribution in [-0.2, 0) is 11.3 Å². The molecule has 0 aromatic heterocycles. The molecule has 0 fully saturated rings. The molecule has 0 unspecified atom stereocenters. The predicted molar refractivity (Wildman–Crippen MR) is 83.2 cm³/mol. The molecule has 3 rings (SSSR count). The topological polar surface area (TPSA) is 37.4 Å². The van der Waals surface area contributed by atoms with Gasteiger partial charge in [0.25, 0.3) is 11.7 Å². The molecule has 1 aliphatic heterocycles. The third-order valence-electron chi connectivity index (χ3n) is 3.49. The summed E-state index contributed by atoms with van der Waals surface area (Å²) in [6.45, 7) is 2.14. The molecule has 1 amide bonds. The van der Waals surface area contributed by atoms with Crippen LogP contribution < -0.4 is 4.90 Å². The van der Waals surface area contributed by atoms with E-state index in [1.54, 1.807) is 24.3 Å². The smallest absolute Gasteiger partial charge is 0.299 e. The lowest BCUT2D eigenvalue weighted by Gasteiger charge is -2.19. The third-order valence-corrected chi connectivity index (χ3v) is 4.04. The number of benzene rings is 2. The number of ketones is 1. The van der Waals surface area contributed by atoms with Gasteiger partial charge in [-0.25, -0.2) is 0 Å². The zero-order valence-electron chi connectivity index (χ0n) is 11.2. The third kappa shape index (κ3) is 2.33. The van der Waals surface area contributed by atoms with Gasteiger partial charge in [-0.05, 0) is 36.2 Å². The predicted octanol–water partition coefficient (Wildman–Crippen LogP) is 4.03. The van der Waals surface area contributed by atoms with Crippen molar-refractivity contribution in [2.75, 3.05) is 4.90 Å². The summed E-state index contributed by atoms with van der Waals surface area (Å²) >= 11 is 12.0. The number of anilines is 1. The van der Waals surface area contributed by atoms with Crippen LogP contribution >= 0.6 is 23.2 Å². The van der Waals surface area contributed by atoms with E-state index in [0.29, 0.717) is 27.8 Å². The highest BCUT2D eigenvalue weighted by atomic mass is 35.5. The summed E-state index contributed by atoms with van der Waals surface area (Å²) in [4.78, 5) is 25.8. The van der Waals surface area contributed by atoms with Crippen molar-refractivity contribution in [2.24, 2.45) is 0 Å². The quantitative estimate of drug-likeness (QED) is 0.784. The fourth-order valence-corrected chi connectivity index (χ4v) is 2.99. The number of hydrogen-bond acceptors (Lipinski definition) is 2. The average Bonchev–Trinajstić information content (AvgIpc) is 2.69. The van der Waals surface area contributed by atoms with Gasteiger partial charge in [0.15, 0.2) is 0 Å². The lowest BCUT2D eigenvalue weighted by atomic mass is 10.1. The van der Waals surface area contributed by atoms with Gasteiger partial charge in [0.05, 0.1) is 22.8 Å². The fourth-order valence-electron chi connectivity index (χ4n) is 2.53. The first-order chi connectivity index (χ1) is 9.99. The molecule has 5 heteroatoms. The lowest BCUT2D eigenvalue weighted by Crippen LogP contribution is -2.29. The van der Waals surface area contributed by atoms with Crippen molar-refractivity contribution < 1.29 is 9.59 Å². The fraction of sp³-hybridized carbons (Fsp3) is 0.125. The van der Waals surface area contributed by atoms with Crippen LogP contribution in [-0.4, -0.2) is 11.7 Å². The highest BCUT2D eigenvalue weighted by Crippen LogP contribution is 2.38. The molecule has 1 heterocycles. The minimum Gasteiger partial charge on any atom is -0.300 e. The minimum atomic E-state index is -0.555. The monoisotopic (exact) mass is 319 g/mol. The second kappa shape index (κ2) is 5.17. The molecule has 0 bridgehead atoms. The van der Waals surface area contributed by atoms with Crippen molar-refractivity contribution >= 4 is 40.6 Å². The number of aryl methyl sites for hydroxylation is 1. The SMILES string of the molecule is Cc1ccc(Cl)c2c1N(Cc1cccc(Cl)c1)C(=O)C2=O. The first-order valence-corrected chi connectivity index (χ1v) is 7.14. The number of carbonyl (C=O) groups is 2. The Hall–Kier alpha value is -1.84. The van der Waals surface area contributed by atoms with Crippen LogP contribution in [0.4, 0.5) is 5.69 Å². The largest absolute Gasteiger partial charge is 0.300 e. The van der Waals surface area contributed by atoms with Crippen LogP contribution in [0.25, 0.3) is 0 Å². The molecule has 2 aromatic carbocycles. The molecule has 0 atom stereocenters. The summed E-state index contributed by atoms with van der Waals surface area (Å²) in [5, 5.41) is 0.899. The summed E-state index contributed by atoms with van der Waals surface area (Å²) in [5.74, 6) is -1.11. The summed E-state index contributed by atoms with van der Waals surface area (Å²) in [5.41, 5.74) is 2.59. The van der Waals surface area contributed by atoms with Gasteiger partial charge in [0.1, 0.15) is 0 Å². The molecule has 106 valence electrons. The van der Waals surface area contributed by atoms with Crippen LogP contribution in [0.15, 0.2) is 36.4 Å². The molecule has 0 saturated heterocycles. The molecular weight excluding hydrogens is 309 g/mol. The second-order valence-corrected chi connectivity index (χ2v) is 5.78. The van der Waals surface area contributed by atoms with Crippen molar-refractivity contribution in [3.8, 4) is 0 Å². The molecule has 1 aliphatic rings. The van der Waals surface area contributed by atoms with E-state index < -0.39 is 11.7 Å². The minimum absolute atomic E-state index is 0.291. The average molecular weight is 320 g/mol. The number of rotatable bonds is 2. The van der Waals surface area contributed by atoms with Gasteiger partial charge in [-0.2, -0.15) is 0 Å². The van der Waals surface area contributed by atoms with Crippen molar-refractivity contribution in [3.63, 3.8) is 0 Å². The number of nitrogens with zero attached hydrogens (tertiary/aromatic N) is 1. The molecular formula is C16H11Cl2NO2. The molecule has 0 aliphatic carbocycles. The van der Waals surface area contributed by atoms with Crippen molar-refractivity contribution in [1.82, 2.24) is 0 Å². The normalized spacial score (nSPS) is 13.8. The number of halogens is 2. The Morgan fingerprint density at radius 3 is 2.57 bits per heavy atom. The number of Topliss-reactive ketones (excluding diaryl/α,β-unsaturated/α-hetero) is 1. The second-order valence-electron chi connectivity index (χ2n) is 4.94. The van der Waals surface area contributed by atoms with Crippen molar-refractivity contribution in [1.29, 1.82) is 0 Å². The zero-order valence-corrected chi connectivity index (χ0v) is 12.7. The van der Waals surface area contributed by atoms with E-state index >= 15 is 0 Å². The maximum absolute atomic E-state index is 12.2. The van der Waals surface area contributed by atoms with Gasteiger partial charge in [-0.15, -0.1) is 0 Å². The van der Waals surface area contributed by atoms with E-state index in [0.717, 1.165) is 11.1 Å². The van der Waals surface area contributed by atoms with Crippen LogP contribution in [0.2, 0.25) is 10.0 Å². The standard InChI is InChI=1S/C16H11Cl2NO2/c1-9-5-6-12(18)13-14(9)19(16(21)15(13)20)8-10-3-2-4-11(17)7-10/h2-7H,8H2,1H3. The molecule has 0 spiro atoms. The molecule has 0 N–H and O–H groups in total. The summed E-state index contributed by atoms with van der Waals surface area (Å²) in [6, 6.07) is 10.7. The van der Waals surface area contributed by atoms with E-state index in [2.05, 4.69) is 0 Å². The van der Waals surface area contributed by atoms with E-state index in [4.69, 9.17) is 23.2 Å². The number of fused-ring (bicyclic) bond motifs is 1. The van der Waals surface area contributed by atoms with Crippen molar-refractivity contribution in [2.45, 2.75) is 13.5 Å². The Morgan fingerprint density at radius 2 is 1.86 bits per heavy atom. The number of hydrogen-bond donors (Lipinski definition) is 0. The number of amides is 1. The molecule has 0 saturated carbocycles. The van der Waals surface area contributed by atoms with Gasteiger partial charge in [0, 0.05) is 5.02 Å². The van der Waals surface area contributed by atoms with Gasteiger partial charge in [-0.1, -0.05) is 41.4 Å². The molecule has 0 radical (unpaired) electrons. The Morgan fingerprint density at radius 1 is 1.10 bits per heavy atom. The highest BCUT2D eigenvalue weighted by molar-refractivity contribution is 6.55. The van der Waals surface area contributed by atoms with Crippen LogP contribution in [0.3, 0.4) is 0 Å². The van der Waals surface area contributed by atoms with Crippen LogP contribution in [0.1, 0.15) is 21.5 Å². The van der Waals surface area contributed by atoms with Gasteiger partial charge in [-0.3, -0.25) is 9.59 Å². The van der Waals surface area contributed by atoms with Gasteiger partial charge < -0.3 is 4.90 Å². The first kappa shape index (κ1) is 14.1. The van der Waals surface area contributed by atoms with Gasteiger partial charge in [0.2, 0.25) is 0 Å². The Bertz CT molecular complexity index is 771.